The first-order valence-corrected chi connectivity index (χ1v) is 12.9. The maximum absolute atomic E-state index is 13.3. The number of allylic oxidation sites excluding steroid dienone is 2. The van der Waals surface area contributed by atoms with Crippen LogP contribution in [0.25, 0.3) is 16.8 Å². The molecule has 1 atom stereocenters. The van der Waals surface area contributed by atoms with Crippen molar-refractivity contribution < 1.29 is 13.2 Å². The van der Waals surface area contributed by atoms with Crippen molar-refractivity contribution >= 4 is 38.3 Å². The Labute approximate surface area is 198 Å². The predicted octanol–water partition coefficient (Wildman–Crippen LogP) is 5.70. The Morgan fingerprint density at radius 2 is 1.41 bits per heavy atom. The third-order valence-corrected chi connectivity index (χ3v) is 7.75. The van der Waals surface area contributed by atoms with E-state index in [-0.39, 0.29) is 5.78 Å². The molecule has 0 aromatic heterocycles. The Morgan fingerprint density at radius 3 is 2.15 bits per heavy atom. The summed E-state index contributed by atoms with van der Waals surface area (Å²) in [5.41, 5.74) is 3.47. The van der Waals surface area contributed by atoms with Crippen molar-refractivity contribution in [3.8, 4) is 0 Å². The van der Waals surface area contributed by atoms with Crippen LogP contribution in [-0.2, 0) is 15.4 Å². The van der Waals surface area contributed by atoms with Crippen molar-refractivity contribution in [2.45, 2.75) is 5.41 Å². The molecule has 0 unspecified atom stereocenters. The number of fused-ring (bicyclic) bond motifs is 5. The van der Waals surface area contributed by atoms with Gasteiger partial charge in [-0.2, -0.15) is 0 Å². The fourth-order valence-corrected chi connectivity index (χ4v) is 6.35. The molecule has 0 aliphatic heterocycles. The number of carbonyl (C=O) groups is 1. The van der Waals surface area contributed by atoms with Crippen molar-refractivity contribution in [3.05, 3.63) is 131 Å². The van der Waals surface area contributed by atoms with E-state index >= 15 is 0 Å². The molecule has 0 heterocycles. The van der Waals surface area contributed by atoms with Gasteiger partial charge in [0.15, 0.2) is 5.78 Å². The molecule has 4 nitrogen and oxygen atoms in total. The highest BCUT2D eigenvalue weighted by atomic mass is 32.2. The molecule has 0 bridgehead atoms. The fourth-order valence-electron chi connectivity index (χ4n) is 5.29. The van der Waals surface area contributed by atoms with Gasteiger partial charge in [0.25, 0.3) is 0 Å². The molecule has 0 saturated carbocycles. The summed E-state index contributed by atoms with van der Waals surface area (Å²) >= 11 is 0. The zero-order chi connectivity index (χ0) is 23.5. The van der Waals surface area contributed by atoms with Gasteiger partial charge in [0, 0.05) is 5.56 Å². The maximum atomic E-state index is 13.3. The van der Waals surface area contributed by atoms with Crippen molar-refractivity contribution in [1.82, 2.24) is 0 Å². The number of hydrogen-bond acceptors (Lipinski definition) is 3. The summed E-state index contributed by atoms with van der Waals surface area (Å²) < 4.78 is 28.0. The normalized spacial score (nSPS) is 18.6. The molecule has 166 valence electrons. The van der Waals surface area contributed by atoms with Crippen molar-refractivity contribution in [3.63, 3.8) is 0 Å². The predicted molar refractivity (Wildman–Crippen MR) is 136 cm³/mol. The standard InChI is InChI=1S/C29H21NO3S/c1-34(32,33)30(23-11-3-2-4-12-23)28-19-22-17-20-9-5-6-10-21(20)18-26(22)29(28)16-15-27(31)24-13-7-8-14-25(24)29/h2-19H,1H3/t29-/m1/s1. The minimum atomic E-state index is -3.71. The number of rotatable bonds is 3. The summed E-state index contributed by atoms with van der Waals surface area (Å²) in [7, 11) is -3.71. The number of carbonyl (C=O) groups excluding carboxylic acids is 1. The summed E-state index contributed by atoms with van der Waals surface area (Å²) in [6.45, 7) is 0. The van der Waals surface area contributed by atoms with E-state index in [4.69, 9.17) is 0 Å². The number of ketones is 1. The van der Waals surface area contributed by atoms with Gasteiger partial charge < -0.3 is 0 Å². The highest BCUT2D eigenvalue weighted by Gasteiger charge is 2.49. The Bertz CT molecular complexity index is 1650. The first-order chi connectivity index (χ1) is 16.4. The summed E-state index contributed by atoms with van der Waals surface area (Å²) in [6, 6.07) is 28.9. The van der Waals surface area contributed by atoms with E-state index < -0.39 is 15.4 Å². The molecule has 2 aliphatic rings. The minimum Gasteiger partial charge on any atom is -0.289 e. The van der Waals surface area contributed by atoms with Gasteiger partial charge in [-0.25, -0.2) is 12.7 Å². The first kappa shape index (κ1) is 20.6. The van der Waals surface area contributed by atoms with E-state index in [1.165, 1.54) is 10.6 Å². The maximum Gasteiger partial charge on any atom is 0.236 e. The van der Waals surface area contributed by atoms with E-state index in [1.54, 1.807) is 18.2 Å². The van der Waals surface area contributed by atoms with E-state index in [2.05, 4.69) is 18.2 Å². The first-order valence-electron chi connectivity index (χ1n) is 11.0. The lowest BCUT2D eigenvalue weighted by Crippen LogP contribution is -2.41. The number of nitrogens with zero attached hydrogens (tertiary/aromatic N) is 1. The highest BCUT2D eigenvalue weighted by molar-refractivity contribution is 7.92. The van der Waals surface area contributed by atoms with E-state index in [0.29, 0.717) is 16.9 Å². The van der Waals surface area contributed by atoms with E-state index in [9.17, 15) is 13.2 Å². The SMILES string of the molecule is CS(=O)(=O)N(C1=Cc2cc3ccccc3cc2[C@]12C=CC(=O)c1ccccc12)c1ccccc1. The topological polar surface area (TPSA) is 54.5 Å². The molecule has 6 rings (SSSR count). The second kappa shape index (κ2) is 7.27. The molecular formula is C29H21NO3S. The van der Waals surface area contributed by atoms with Crippen LogP contribution in [0.15, 0.2) is 109 Å². The quantitative estimate of drug-likeness (QED) is 0.392. The van der Waals surface area contributed by atoms with Crippen LogP contribution in [-0.4, -0.2) is 20.5 Å². The summed E-state index contributed by atoms with van der Waals surface area (Å²) in [4.78, 5) is 12.9. The van der Waals surface area contributed by atoms with E-state index in [1.807, 2.05) is 72.8 Å². The molecule has 1 spiro atoms. The third kappa shape index (κ3) is 2.90. The Morgan fingerprint density at radius 1 is 0.765 bits per heavy atom. The Kier molecular flexibility index (Phi) is 4.41. The summed E-state index contributed by atoms with van der Waals surface area (Å²) in [5.74, 6) is -0.0829. The van der Waals surface area contributed by atoms with Gasteiger partial charge in [-0.1, -0.05) is 72.8 Å². The molecular weight excluding hydrogens is 442 g/mol. The van der Waals surface area contributed by atoms with E-state index in [0.717, 1.165) is 27.5 Å². The summed E-state index contributed by atoms with van der Waals surface area (Å²) in [6.07, 6.45) is 6.61. The number of benzene rings is 4. The van der Waals surface area contributed by atoms with Crippen molar-refractivity contribution in [2.24, 2.45) is 0 Å². The fraction of sp³-hybridized carbons (Fsp3) is 0.0690. The average molecular weight is 464 g/mol. The lowest BCUT2D eigenvalue weighted by Gasteiger charge is -2.39. The van der Waals surface area contributed by atoms with Crippen molar-refractivity contribution in [1.29, 1.82) is 0 Å². The minimum absolute atomic E-state index is 0.0829. The third-order valence-electron chi connectivity index (χ3n) is 6.68. The molecule has 0 amide bonds. The molecule has 4 aromatic rings. The number of para-hydroxylation sites is 1. The highest BCUT2D eigenvalue weighted by Crippen LogP contribution is 2.53. The second-order valence-corrected chi connectivity index (χ2v) is 10.6. The molecule has 0 saturated heterocycles. The molecule has 5 heteroatoms. The van der Waals surface area contributed by atoms with Crippen LogP contribution in [0.1, 0.15) is 27.0 Å². The number of anilines is 1. The smallest absolute Gasteiger partial charge is 0.236 e. The van der Waals surface area contributed by atoms with Gasteiger partial charge in [0.2, 0.25) is 10.0 Å². The van der Waals surface area contributed by atoms with Crippen LogP contribution in [0, 0.1) is 0 Å². The number of hydrogen-bond donors (Lipinski definition) is 0. The van der Waals surface area contributed by atoms with Crippen LogP contribution >= 0.6 is 0 Å². The van der Waals surface area contributed by atoms with Crippen LogP contribution in [0.3, 0.4) is 0 Å². The molecule has 0 fully saturated rings. The molecule has 0 radical (unpaired) electrons. The zero-order valence-corrected chi connectivity index (χ0v) is 19.3. The lowest BCUT2D eigenvalue weighted by molar-refractivity contribution is 0.104. The van der Waals surface area contributed by atoms with Crippen molar-refractivity contribution in [2.75, 3.05) is 10.6 Å². The molecule has 34 heavy (non-hydrogen) atoms. The summed E-state index contributed by atoms with van der Waals surface area (Å²) in [5, 5.41) is 2.13. The number of sulfonamides is 1. The molecule has 2 aliphatic carbocycles. The monoisotopic (exact) mass is 463 g/mol. The van der Waals surface area contributed by atoms with Crippen LogP contribution < -0.4 is 4.31 Å². The Hall–Kier alpha value is -3.96. The molecule has 4 aromatic carbocycles. The van der Waals surface area contributed by atoms with Gasteiger partial charge in [-0.15, -0.1) is 0 Å². The van der Waals surface area contributed by atoms with Crippen LogP contribution in [0.2, 0.25) is 0 Å². The average Bonchev–Trinajstić information content (AvgIpc) is 3.13. The lowest BCUT2D eigenvalue weighted by atomic mass is 9.68. The van der Waals surface area contributed by atoms with Gasteiger partial charge in [-0.05, 0) is 63.9 Å². The largest absolute Gasteiger partial charge is 0.289 e. The van der Waals surface area contributed by atoms with Gasteiger partial charge in [0.1, 0.15) is 0 Å². The Balaban J connectivity index is 1.74. The van der Waals surface area contributed by atoms with Crippen LogP contribution in [0.4, 0.5) is 5.69 Å². The van der Waals surface area contributed by atoms with Gasteiger partial charge in [0.05, 0.1) is 23.1 Å². The van der Waals surface area contributed by atoms with Gasteiger partial charge in [-0.3, -0.25) is 4.79 Å². The van der Waals surface area contributed by atoms with Crippen LogP contribution in [0.5, 0.6) is 0 Å². The second-order valence-electron chi connectivity index (χ2n) is 8.73. The molecule has 0 N–H and O–H groups in total. The van der Waals surface area contributed by atoms with Gasteiger partial charge >= 0.3 is 0 Å². The zero-order valence-electron chi connectivity index (χ0n) is 18.5.